The van der Waals surface area contributed by atoms with E-state index in [1.54, 1.807) is 9.47 Å². The van der Waals surface area contributed by atoms with Crippen LogP contribution in [-0.4, -0.2) is 39.3 Å². The minimum absolute atomic E-state index is 0.117. The molecule has 4 rings (SSSR count). The zero-order chi connectivity index (χ0) is 26.5. The Kier molecular flexibility index (Phi) is 8.88. The van der Waals surface area contributed by atoms with Crippen molar-refractivity contribution in [2.75, 3.05) is 24.5 Å². The number of amides is 1. The smallest absolute Gasteiger partial charge is 0.270 e. The van der Waals surface area contributed by atoms with Crippen LogP contribution in [0.2, 0.25) is 0 Å². The molecular formula is C29H34N4O2S2. The molecule has 8 heteroatoms. The van der Waals surface area contributed by atoms with Gasteiger partial charge in [-0.15, -0.1) is 0 Å². The number of pyridine rings is 1. The molecule has 1 atom stereocenters. The van der Waals surface area contributed by atoms with E-state index >= 15 is 0 Å². The van der Waals surface area contributed by atoms with Crippen molar-refractivity contribution in [3.8, 4) is 6.07 Å². The summed E-state index contributed by atoms with van der Waals surface area (Å²) >= 11 is 6.89. The monoisotopic (exact) mass is 534 g/mol. The first kappa shape index (κ1) is 27.2. The number of nitrogens with zero attached hydrogens (tertiary/aromatic N) is 4. The number of thiocarbonyl (C=S) groups is 1. The van der Waals surface area contributed by atoms with E-state index in [1.165, 1.54) is 11.8 Å². The van der Waals surface area contributed by atoms with Gasteiger partial charge in [0, 0.05) is 31.7 Å². The number of benzene rings is 1. The number of carbonyl (C=O) groups excluding carboxylic acids is 1. The Labute approximate surface area is 229 Å². The maximum atomic E-state index is 13.5. The number of thioether (sulfide) groups is 1. The third-order valence-corrected chi connectivity index (χ3v) is 8.53. The van der Waals surface area contributed by atoms with E-state index in [9.17, 15) is 14.9 Å². The fourth-order valence-corrected chi connectivity index (χ4v) is 6.39. The Morgan fingerprint density at radius 2 is 1.97 bits per heavy atom. The summed E-state index contributed by atoms with van der Waals surface area (Å²) in [5.41, 5.74) is 2.47. The molecule has 0 aliphatic carbocycles. The van der Waals surface area contributed by atoms with Crippen molar-refractivity contribution in [2.24, 2.45) is 5.92 Å². The molecule has 3 heterocycles. The molecule has 1 unspecified atom stereocenters. The van der Waals surface area contributed by atoms with Gasteiger partial charge < -0.3 is 4.90 Å². The molecule has 1 amide bonds. The second-order valence-corrected chi connectivity index (χ2v) is 11.6. The summed E-state index contributed by atoms with van der Waals surface area (Å²) in [6.45, 7) is 8.90. The highest BCUT2D eigenvalue weighted by Gasteiger charge is 2.33. The molecule has 2 fully saturated rings. The summed E-state index contributed by atoms with van der Waals surface area (Å²) in [5.74, 6) is 1.22. The summed E-state index contributed by atoms with van der Waals surface area (Å²) in [6.07, 6.45) is 6.56. The Morgan fingerprint density at radius 1 is 1.22 bits per heavy atom. The van der Waals surface area contributed by atoms with Gasteiger partial charge in [0.1, 0.15) is 21.8 Å². The van der Waals surface area contributed by atoms with Crippen LogP contribution in [0.5, 0.6) is 0 Å². The average Bonchev–Trinajstić information content (AvgIpc) is 3.16. The fraction of sp³-hybridized carbons (Fsp3) is 0.448. The maximum absolute atomic E-state index is 13.5. The van der Waals surface area contributed by atoms with E-state index in [-0.39, 0.29) is 17.0 Å². The quantitative estimate of drug-likeness (QED) is 0.329. The molecule has 37 heavy (non-hydrogen) atoms. The van der Waals surface area contributed by atoms with E-state index in [1.807, 2.05) is 43.3 Å². The number of piperidine rings is 1. The lowest BCUT2D eigenvalue weighted by Gasteiger charge is -2.36. The van der Waals surface area contributed by atoms with Crippen LogP contribution in [-0.2, 0) is 17.8 Å². The minimum Gasteiger partial charge on any atom is -0.357 e. The highest BCUT2D eigenvalue weighted by Crippen LogP contribution is 2.37. The van der Waals surface area contributed by atoms with E-state index in [0.717, 1.165) is 62.1 Å². The van der Waals surface area contributed by atoms with E-state index in [4.69, 9.17) is 12.2 Å². The predicted octanol–water partition coefficient (Wildman–Crippen LogP) is 5.51. The van der Waals surface area contributed by atoms with Crippen LogP contribution in [0.3, 0.4) is 0 Å². The number of hydrogen-bond donors (Lipinski definition) is 0. The van der Waals surface area contributed by atoms with Gasteiger partial charge in [0.15, 0.2) is 0 Å². The van der Waals surface area contributed by atoms with Crippen LogP contribution in [0.15, 0.2) is 40.0 Å². The summed E-state index contributed by atoms with van der Waals surface area (Å²) in [7, 11) is 0. The van der Waals surface area contributed by atoms with Crippen molar-refractivity contribution in [1.82, 2.24) is 9.47 Å². The van der Waals surface area contributed by atoms with Gasteiger partial charge in [-0.25, -0.2) is 0 Å². The molecule has 6 nitrogen and oxygen atoms in total. The van der Waals surface area contributed by atoms with E-state index in [2.05, 4.69) is 24.8 Å². The normalized spacial score (nSPS) is 19.1. The third-order valence-electron chi connectivity index (χ3n) is 7.15. The third kappa shape index (κ3) is 5.83. The molecule has 1 aromatic heterocycles. The number of nitriles is 1. The van der Waals surface area contributed by atoms with Gasteiger partial charge in [0.25, 0.3) is 11.5 Å². The number of unbranched alkanes of at least 4 members (excludes halogenated alkanes) is 1. The Morgan fingerprint density at radius 3 is 2.65 bits per heavy atom. The molecule has 2 aliphatic rings. The van der Waals surface area contributed by atoms with E-state index in [0.29, 0.717) is 33.8 Å². The van der Waals surface area contributed by atoms with Crippen molar-refractivity contribution >= 4 is 46.1 Å². The lowest BCUT2D eigenvalue weighted by atomic mass is 9.98. The second kappa shape index (κ2) is 12.1. The van der Waals surface area contributed by atoms with Gasteiger partial charge >= 0.3 is 0 Å². The van der Waals surface area contributed by atoms with E-state index < -0.39 is 0 Å². The number of hydrogen-bond acceptors (Lipinski definition) is 6. The largest absolute Gasteiger partial charge is 0.357 e. The highest BCUT2D eigenvalue weighted by atomic mass is 32.2. The Hall–Kier alpha value is -2.89. The zero-order valence-corrected chi connectivity index (χ0v) is 23.5. The zero-order valence-electron chi connectivity index (χ0n) is 21.8. The molecule has 194 valence electrons. The molecule has 2 saturated heterocycles. The second-order valence-electron chi connectivity index (χ2n) is 9.92. The van der Waals surface area contributed by atoms with Crippen LogP contribution >= 0.6 is 24.0 Å². The van der Waals surface area contributed by atoms with Gasteiger partial charge in [-0.1, -0.05) is 74.6 Å². The summed E-state index contributed by atoms with van der Waals surface area (Å²) in [4.78, 5) is 31.4. The number of carbonyl (C=O) groups is 1. The number of aromatic nitrogens is 1. The maximum Gasteiger partial charge on any atom is 0.270 e. The Balaban J connectivity index is 1.77. The molecule has 0 bridgehead atoms. The SMILES string of the molecule is CCCCn1c(N2CCCC(C)C2)c(/C=C2/SC(=S)N(CCc3ccccc3)C2=O)c(C)c(C#N)c1=O. The van der Waals surface area contributed by atoms with Gasteiger partial charge in [0.05, 0.1) is 4.91 Å². The first-order valence-corrected chi connectivity index (χ1v) is 14.3. The molecule has 0 N–H and O–H groups in total. The van der Waals surface area contributed by atoms with Crippen molar-refractivity contribution in [1.29, 1.82) is 5.26 Å². The molecule has 0 spiro atoms. The molecule has 2 aromatic rings. The van der Waals surface area contributed by atoms with Gasteiger partial charge in [0.2, 0.25) is 0 Å². The standard InChI is InChI=1S/C29H34N4O2S2/c1-4-5-15-32-26(31-14-9-10-20(2)19-31)23(21(3)24(18-30)27(32)34)17-25-28(35)33(29(36)37-25)16-13-22-11-7-6-8-12-22/h6-8,11-12,17,20H,4-5,9-10,13-16,19H2,1-3H3/b25-17+. The molecule has 0 saturated carbocycles. The average molecular weight is 535 g/mol. The first-order valence-electron chi connectivity index (χ1n) is 13.1. The Bertz CT molecular complexity index is 1310. The van der Waals surface area contributed by atoms with Gasteiger partial charge in [-0.2, -0.15) is 5.26 Å². The lowest BCUT2D eigenvalue weighted by molar-refractivity contribution is -0.122. The molecule has 0 radical (unpaired) electrons. The summed E-state index contributed by atoms with van der Waals surface area (Å²) < 4.78 is 2.31. The van der Waals surface area contributed by atoms with Crippen molar-refractivity contribution < 1.29 is 4.79 Å². The van der Waals surface area contributed by atoms with Gasteiger partial charge in [-0.05, 0) is 55.7 Å². The van der Waals surface area contributed by atoms with Crippen LogP contribution in [0.1, 0.15) is 61.8 Å². The topological polar surface area (TPSA) is 69.3 Å². The molecular weight excluding hydrogens is 500 g/mol. The van der Waals surface area contributed by atoms with Crippen molar-refractivity contribution in [3.05, 3.63) is 67.8 Å². The van der Waals surface area contributed by atoms with Crippen LogP contribution in [0, 0.1) is 24.2 Å². The summed E-state index contributed by atoms with van der Waals surface area (Å²) in [5, 5.41) is 9.89. The minimum atomic E-state index is -0.241. The molecule has 1 aromatic carbocycles. The van der Waals surface area contributed by atoms with Crippen LogP contribution in [0.25, 0.3) is 6.08 Å². The van der Waals surface area contributed by atoms with Crippen molar-refractivity contribution in [2.45, 2.75) is 59.4 Å². The highest BCUT2D eigenvalue weighted by molar-refractivity contribution is 8.26. The molecule has 2 aliphatic heterocycles. The fourth-order valence-electron chi connectivity index (χ4n) is 5.10. The van der Waals surface area contributed by atoms with Crippen LogP contribution < -0.4 is 10.5 Å². The lowest BCUT2D eigenvalue weighted by Crippen LogP contribution is -2.40. The van der Waals surface area contributed by atoms with Gasteiger partial charge in [-0.3, -0.25) is 19.1 Å². The predicted molar refractivity (Wildman–Crippen MR) is 156 cm³/mol. The van der Waals surface area contributed by atoms with Crippen LogP contribution in [0.4, 0.5) is 5.82 Å². The van der Waals surface area contributed by atoms with Crippen molar-refractivity contribution in [3.63, 3.8) is 0 Å². The number of anilines is 1. The summed E-state index contributed by atoms with van der Waals surface area (Å²) in [6, 6.07) is 12.2. The first-order chi connectivity index (χ1) is 17.8. The number of rotatable bonds is 8.